The summed E-state index contributed by atoms with van der Waals surface area (Å²) < 4.78 is 0. The molecule has 2 unspecified atom stereocenters. The van der Waals surface area contributed by atoms with E-state index in [1.54, 1.807) is 0 Å². The zero-order valence-corrected chi connectivity index (χ0v) is 17.0. The Labute approximate surface area is 153 Å². The molecule has 0 aliphatic heterocycles. The monoisotopic (exact) mass is 522 g/mol. The van der Waals surface area contributed by atoms with Crippen LogP contribution in [-0.2, 0) is 0 Å². The van der Waals surface area contributed by atoms with Crippen LogP contribution >= 0.6 is 63.7 Å². The highest BCUT2D eigenvalue weighted by atomic mass is 79.9. The van der Waals surface area contributed by atoms with E-state index >= 15 is 0 Å². The van der Waals surface area contributed by atoms with Crippen LogP contribution in [0.2, 0.25) is 0 Å². The van der Waals surface area contributed by atoms with Crippen molar-refractivity contribution >= 4 is 63.7 Å². The first kappa shape index (κ1) is 16.7. The van der Waals surface area contributed by atoms with Crippen LogP contribution in [0.5, 0.6) is 0 Å². The van der Waals surface area contributed by atoms with Crippen molar-refractivity contribution in [3.8, 4) is 11.1 Å². The van der Waals surface area contributed by atoms with Crippen molar-refractivity contribution in [2.75, 3.05) is 10.7 Å². The van der Waals surface area contributed by atoms with Gasteiger partial charge in [0.1, 0.15) is 0 Å². The third-order valence-corrected chi connectivity index (χ3v) is 7.89. The van der Waals surface area contributed by atoms with Gasteiger partial charge in [0, 0.05) is 20.3 Å². The summed E-state index contributed by atoms with van der Waals surface area (Å²) in [5.74, 6) is 0. The molecular formula is C16H14Br4. The third kappa shape index (κ3) is 4.19. The average molecular weight is 526 g/mol. The number of benzene rings is 2. The van der Waals surface area contributed by atoms with E-state index in [4.69, 9.17) is 0 Å². The molecule has 0 spiro atoms. The van der Waals surface area contributed by atoms with Gasteiger partial charge in [-0.15, -0.1) is 0 Å². The van der Waals surface area contributed by atoms with Gasteiger partial charge in [-0.05, 0) is 22.3 Å². The summed E-state index contributed by atoms with van der Waals surface area (Å²) in [6.45, 7) is 0. The van der Waals surface area contributed by atoms with Crippen molar-refractivity contribution in [2.45, 2.75) is 9.65 Å². The minimum absolute atomic E-state index is 0.368. The molecule has 20 heavy (non-hydrogen) atoms. The van der Waals surface area contributed by atoms with Crippen LogP contribution in [-0.4, -0.2) is 10.7 Å². The molecule has 0 N–H and O–H groups in total. The van der Waals surface area contributed by atoms with Crippen LogP contribution < -0.4 is 0 Å². The number of rotatable bonds is 5. The van der Waals surface area contributed by atoms with E-state index in [0.717, 1.165) is 10.7 Å². The first-order valence-electron chi connectivity index (χ1n) is 6.26. The first-order valence-corrected chi connectivity index (χ1v) is 10.3. The maximum atomic E-state index is 3.64. The van der Waals surface area contributed by atoms with Gasteiger partial charge < -0.3 is 0 Å². The van der Waals surface area contributed by atoms with Gasteiger partial charge in [-0.3, -0.25) is 0 Å². The Morgan fingerprint density at radius 1 is 0.600 bits per heavy atom. The Hall–Kier alpha value is 0.360. The molecule has 0 aliphatic rings. The average Bonchev–Trinajstić information content (AvgIpc) is 2.53. The predicted molar refractivity (Wildman–Crippen MR) is 103 cm³/mol. The summed E-state index contributed by atoms with van der Waals surface area (Å²) in [6.07, 6.45) is 0. The molecule has 2 aromatic carbocycles. The largest absolute Gasteiger partial charge is 0.0912 e. The second kappa shape index (κ2) is 8.11. The van der Waals surface area contributed by atoms with Crippen molar-refractivity contribution < 1.29 is 0 Å². The maximum Gasteiger partial charge on any atom is 0.0492 e. The molecule has 0 saturated heterocycles. The van der Waals surface area contributed by atoms with Crippen molar-refractivity contribution in [3.05, 3.63) is 59.7 Å². The Balaban J connectivity index is 2.19. The number of halogens is 4. The van der Waals surface area contributed by atoms with Gasteiger partial charge >= 0.3 is 0 Å². The molecule has 0 radical (unpaired) electrons. The van der Waals surface area contributed by atoms with Gasteiger partial charge in [-0.1, -0.05) is 112 Å². The lowest BCUT2D eigenvalue weighted by Gasteiger charge is -2.10. The molecule has 0 aliphatic carbocycles. The van der Waals surface area contributed by atoms with Crippen molar-refractivity contribution in [1.29, 1.82) is 0 Å². The topological polar surface area (TPSA) is 0 Å². The van der Waals surface area contributed by atoms with Crippen LogP contribution in [0.1, 0.15) is 20.8 Å². The van der Waals surface area contributed by atoms with E-state index in [1.807, 2.05) is 0 Å². The Morgan fingerprint density at radius 3 is 1.15 bits per heavy atom. The fourth-order valence-corrected chi connectivity index (χ4v) is 3.31. The molecule has 106 valence electrons. The van der Waals surface area contributed by atoms with E-state index in [1.165, 1.54) is 22.3 Å². The molecule has 0 amide bonds. The van der Waals surface area contributed by atoms with Crippen molar-refractivity contribution in [3.63, 3.8) is 0 Å². The van der Waals surface area contributed by atoms with E-state index in [9.17, 15) is 0 Å². The van der Waals surface area contributed by atoms with Gasteiger partial charge in [0.2, 0.25) is 0 Å². The quantitative estimate of drug-likeness (QED) is 0.368. The van der Waals surface area contributed by atoms with Gasteiger partial charge in [-0.2, -0.15) is 0 Å². The summed E-state index contributed by atoms with van der Waals surface area (Å²) >= 11 is 14.3. The highest BCUT2D eigenvalue weighted by Gasteiger charge is 2.07. The zero-order chi connectivity index (χ0) is 14.5. The molecule has 0 aromatic heterocycles. The summed E-state index contributed by atoms with van der Waals surface area (Å²) in [7, 11) is 0. The SMILES string of the molecule is BrCC(Br)c1ccc(-c2ccc(C(Br)CBr)cc2)cc1. The smallest absolute Gasteiger partial charge is 0.0492 e. The molecule has 0 fully saturated rings. The van der Waals surface area contributed by atoms with Crippen LogP contribution in [0, 0.1) is 0 Å². The van der Waals surface area contributed by atoms with Crippen molar-refractivity contribution in [2.24, 2.45) is 0 Å². The van der Waals surface area contributed by atoms with Crippen LogP contribution in [0.15, 0.2) is 48.5 Å². The van der Waals surface area contributed by atoms with E-state index in [-0.39, 0.29) is 0 Å². The first-order chi connectivity index (χ1) is 9.65. The standard InChI is InChI=1S/C16H14Br4/c17-9-15(19)13-5-1-11(2-6-13)12-3-7-14(8-4-12)16(20)10-18/h1-8,15-16H,9-10H2. The second-order valence-corrected chi connectivity index (χ2v) is 7.99. The number of hydrogen-bond acceptors (Lipinski definition) is 0. The second-order valence-electron chi connectivity index (χ2n) is 4.49. The summed E-state index contributed by atoms with van der Waals surface area (Å²) in [5, 5.41) is 1.83. The fourth-order valence-electron chi connectivity index (χ4n) is 1.95. The Kier molecular flexibility index (Phi) is 6.79. The Bertz CT molecular complexity index is 482. The number of hydrogen-bond donors (Lipinski definition) is 0. The molecule has 2 atom stereocenters. The molecule has 2 rings (SSSR count). The molecular weight excluding hydrogens is 512 g/mol. The molecule has 2 aromatic rings. The summed E-state index contributed by atoms with van der Waals surface area (Å²) in [5.41, 5.74) is 5.09. The highest BCUT2D eigenvalue weighted by Crippen LogP contribution is 2.29. The van der Waals surface area contributed by atoms with Gasteiger partial charge in [0.25, 0.3) is 0 Å². The lowest BCUT2D eigenvalue weighted by Crippen LogP contribution is -1.91. The lowest BCUT2D eigenvalue weighted by molar-refractivity contribution is 1.15. The van der Waals surface area contributed by atoms with Gasteiger partial charge in [-0.25, -0.2) is 0 Å². The predicted octanol–water partition coefficient (Wildman–Crippen LogP) is 7.02. The normalized spacial score (nSPS) is 14.0. The minimum atomic E-state index is 0.368. The fraction of sp³-hybridized carbons (Fsp3) is 0.250. The van der Waals surface area contributed by atoms with E-state index in [0.29, 0.717) is 9.65 Å². The van der Waals surface area contributed by atoms with Gasteiger partial charge in [0.15, 0.2) is 0 Å². The molecule has 4 heteroatoms. The van der Waals surface area contributed by atoms with Crippen LogP contribution in [0.4, 0.5) is 0 Å². The van der Waals surface area contributed by atoms with Gasteiger partial charge in [0.05, 0.1) is 0 Å². The van der Waals surface area contributed by atoms with E-state index in [2.05, 4.69) is 112 Å². The number of alkyl halides is 4. The Morgan fingerprint density at radius 2 is 0.900 bits per heavy atom. The maximum absolute atomic E-state index is 3.64. The molecule has 0 bridgehead atoms. The summed E-state index contributed by atoms with van der Waals surface area (Å²) in [4.78, 5) is 0.735. The molecule has 0 nitrogen and oxygen atoms in total. The van der Waals surface area contributed by atoms with Crippen LogP contribution in [0.25, 0.3) is 11.1 Å². The van der Waals surface area contributed by atoms with Crippen LogP contribution in [0.3, 0.4) is 0 Å². The zero-order valence-electron chi connectivity index (χ0n) is 10.7. The summed E-state index contributed by atoms with van der Waals surface area (Å²) in [6, 6.07) is 17.4. The molecule has 0 heterocycles. The molecule has 0 saturated carbocycles. The lowest BCUT2D eigenvalue weighted by atomic mass is 10.0. The third-order valence-electron chi connectivity index (χ3n) is 3.15. The highest BCUT2D eigenvalue weighted by molar-refractivity contribution is 9.12. The van der Waals surface area contributed by atoms with Crippen molar-refractivity contribution in [1.82, 2.24) is 0 Å². The minimum Gasteiger partial charge on any atom is -0.0912 e. The van der Waals surface area contributed by atoms with E-state index < -0.39 is 0 Å².